The van der Waals surface area contributed by atoms with E-state index in [0.29, 0.717) is 16.1 Å². The first-order valence-corrected chi connectivity index (χ1v) is 7.59. The van der Waals surface area contributed by atoms with Crippen LogP contribution in [0.3, 0.4) is 0 Å². The van der Waals surface area contributed by atoms with Gasteiger partial charge in [-0.2, -0.15) is 5.26 Å². The lowest BCUT2D eigenvalue weighted by Gasteiger charge is -2.43. The van der Waals surface area contributed by atoms with Gasteiger partial charge in [-0.15, -0.1) is 0 Å². The minimum absolute atomic E-state index is 0.147. The average Bonchev–Trinajstić information content (AvgIpc) is 2.52. The van der Waals surface area contributed by atoms with Crippen LogP contribution in [0, 0.1) is 11.3 Å². The van der Waals surface area contributed by atoms with Crippen molar-refractivity contribution in [2.45, 2.75) is 24.8 Å². The third kappa shape index (κ3) is 2.70. The van der Waals surface area contributed by atoms with Crippen LogP contribution < -0.4 is 5.32 Å². The highest BCUT2D eigenvalue weighted by molar-refractivity contribution is 6.30. The van der Waals surface area contributed by atoms with Gasteiger partial charge >= 0.3 is 0 Å². The van der Waals surface area contributed by atoms with Gasteiger partial charge in [0.2, 0.25) is 0 Å². The normalized spacial score (nSPS) is 15.5. The summed E-state index contributed by atoms with van der Waals surface area (Å²) in [5.74, 6) is -0.147. The van der Waals surface area contributed by atoms with Gasteiger partial charge in [-0.1, -0.05) is 29.8 Å². The van der Waals surface area contributed by atoms with Crippen LogP contribution in [0.5, 0.6) is 0 Å². The number of carbonyl (C=O) groups excluding carboxylic acids is 1. The number of hydrogen-bond acceptors (Lipinski definition) is 2. The van der Waals surface area contributed by atoms with Gasteiger partial charge in [-0.3, -0.25) is 4.79 Å². The van der Waals surface area contributed by atoms with Gasteiger partial charge in [0.1, 0.15) is 0 Å². The fourth-order valence-corrected chi connectivity index (χ4v) is 2.93. The molecule has 0 aliphatic heterocycles. The zero-order valence-electron chi connectivity index (χ0n) is 12.0. The summed E-state index contributed by atoms with van der Waals surface area (Å²) in [7, 11) is 0. The van der Waals surface area contributed by atoms with E-state index in [1.165, 1.54) is 0 Å². The van der Waals surface area contributed by atoms with E-state index in [2.05, 4.69) is 11.4 Å². The molecule has 0 bridgehead atoms. The summed E-state index contributed by atoms with van der Waals surface area (Å²) in [6, 6.07) is 16.4. The van der Waals surface area contributed by atoms with Crippen LogP contribution in [-0.2, 0) is 5.54 Å². The number of nitrogens with one attached hydrogen (secondary N) is 1. The van der Waals surface area contributed by atoms with E-state index in [1.807, 2.05) is 24.3 Å². The summed E-state index contributed by atoms with van der Waals surface area (Å²) in [5, 5.41) is 12.8. The van der Waals surface area contributed by atoms with Crippen LogP contribution in [0.2, 0.25) is 5.02 Å². The largest absolute Gasteiger partial charge is 0.343 e. The molecule has 0 spiro atoms. The fraction of sp³-hybridized carbons (Fsp3) is 0.222. The van der Waals surface area contributed by atoms with Crippen molar-refractivity contribution in [3.05, 3.63) is 70.2 Å². The van der Waals surface area contributed by atoms with Gasteiger partial charge in [-0.25, -0.2) is 0 Å². The Bertz CT molecular complexity index is 742. The Morgan fingerprint density at radius 3 is 2.50 bits per heavy atom. The molecule has 1 amide bonds. The summed E-state index contributed by atoms with van der Waals surface area (Å²) in [5.41, 5.74) is 1.76. The average molecular weight is 311 g/mol. The van der Waals surface area contributed by atoms with Crippen molar-refractivity contribution in [1.29, 1.82) is 5.26 Å². The molecule has 1 aliphatic rings. The second-order valence-corrected chi connectivity index (χ2v) is 6.03. The molecular formula is C18H15ClN2O. The maximum Gasteiger partial charge on any atom is 0.252 e. The number of amides is 1. The first-order chi connectivity index (χ1) is 10.6. The van der Waals surface area contributed by atoms with E-state index in [9.17, 15) is 4.79 Å². The molecule has 22 heavy (non-hydrogen) atoms. The van der Waals surface area contributed by atoms with Gasteiger partial charge in [0.05, 0.1) is 17.2 Å². The third-order valence-electron chi connectivity index (χ3n) is 4.21. The zero-order valence-corrected chi connectivity index (χ0v) is 12.7. The summed E-state index contributed by atoms with van der Waals surface area (Å²) in [6.07, 6.45) is 2.91. The van der Waals surface area contributed by atoms with Crippen LogP contribution in [0.4, 0.5) is 0 Å². The Morgan fingerprint density at radius 2 is 1.91 bits per heavy atom. The lowest BCUT2D eigenvalue weighted by Crippen LogP contribution is -2.50. The lowest BCUT2D eigenvalue weighted by atomic mass is 9.71. The van der Waals surface area contributed by atoms with Gasteiger partial charge in [0, 0.05) is 10.6 Å². The number of hydrogen-bond donors (Lipinski definition) is 1. The quantitative estimate of drug-likeness (QED) is 0.931. The molecule has 0 aromatic heterocycles. The van der Waals surface area contributed by atoms with Crippen LogP contribution in [-0.4, -0.2) is 5.91 Å². The minimum atomic E-state index is -0.315. The maximum atomic E-state index is 12.5. The Kier molecular flexibility index (Phi) is 3.87. The fourth-order valence-electron chi connectivity index (χ4n) is 2.80. The predicted octanol–water partition coefficient (Wildman–Crippen LogP) is 4.02. The van der Waals surface area contributed by atoms with E-state index in [4.69, 9.17) is 16.9 Å². The second kappa shape index (κ2) is 5.82. The van der Waals surface area contributed by atoms with Crippen LogP contribution in [0.1, 0.15) is 40.7 Å². The molecule has 0 atom stereocenters. The van der Waals surface area contributed by atoms with E-state index < -0.39 is 0 Å². The Labute approximate surface area is 134 Å². The van der Waals surface area contributed by atoms with Crippen molar-refractivity contribution >= 4 is 17.5 Å². The zero-order chi connectivity index (χ0) is 15.6. The number of nitrogens with zero attached hydrogens (tertiary/aromatic N) is 1. The summed E-state index contributed by atoms with van der Waals surface area (Å²) in [6.45, 7) is 0. The molecule has 1 fully saturated rings. The molecule has 1 aliphatic carbocycles. The molecule has 3 nitrogen and oxygen atoms in total. The van der Waals surface area contributed by atoms with E-state index >= 15 is 0 Å². The lowest BCUT2D eigenvalue weighted by molar-refractivity contribution is 0.0823. The molecule has 0 unspecified atom stereocenters. The van der Waals surface area contributed by atoms with Crippen molar-refractivity contribution in [2.75, 3.05) is 0 Å². The molecule has 4 heteroatoms. The Hall–Kier alpha value is -2.31. The molecular weight excluding hydrogens is 296 g/mol. The van der Waals surface area contributed by atoms with Gasteiger partial charge < -0.3 is 5.32 Å². The first-order valence-electron chi connectivity index (χ1n) is 7.22. The van der Waals surface area contributed by atoms with Gasteiger partial charge in [0.15, 0.2) is 0 Å². The van der Waals surface area contributed by atoms with Crippen LogP contribution in [0.15, 0.2) is 48.5 Å². The first kappa shape index (κ1) is 14.6. The third-order valence-corrected chi connectivity index (χ3v) is 4.46. The molecule has 3 rings (SSSR count). The van der Waals surface area contributed by atoms with E-state index in [0.717, 1.165) is 24.8 Å². The predicted molar refractivity (Wildman–Crippen MR) is 85.6 cm³/mol. The maximum absolute atomic E-state index is 12.5. The van der Waals surface area contributed by atoms with E-state index in [1.54, 1.807) is 24.3 Å². The highest BCUT2D eigenvalue weighted by Crippen LogP contribution is 2.41. The van der Waals surface area contributed by atoms with Crippen molar-refractivity contribution in [3.8, 4) is 6.07 Å². The SMILES string of the molecule is N#Cc1cccc(C(=O)NC2(c3ccc(Cl)cc3)CCC2)c1. The topological polar surface area (TPSA) is 52.9 Å². The summed E-state index contributed by atoms with van der Waals surface area (Å²) >= 11 is 5.94. The smallest absolute Gasteiger partial charge is 0.252 e. The molecule has 0 heterocycles. The number of rotatable bonds is 3. The molecule has 2 aromatic carbocycles. The number of halogens is 1. The molecule has 0 saturated heterocycles. The number of benzene rings is 2. The molecule has 2 aromatic rings. The molecule has 110 valence electrons. The van der Waals surface area contributed by atoms with Crippen molar-refractivity contribution in [2.24, 2.45) is 0 Å². The van der Waals surface area contributed by atoms with Crippen LogP contribution in [0.25, 0.3) is 0 Å². The molecule has 1 N–H and O–H groups in total. The van der Waals surface area contributed by atoms with Crippen molar-refractivity contribution in [3.63, 3.8) is 0 Å². The Morgan fingerprint density at radius 1 is 1.18 bits per heavy atom. The minimum Gasteiger partial charge on any atom is -0.343 e. The Balaban J connectivity index is 1.85. The number of carbonyl (C=O) groups is 1. The van der Waals surface area contributed by atoms with Gasteiger partial charge in [0.25, 0.3) is 5.91 Å². The summed E-state index contributed by atoms with van der Waals surface area (Å²) < 4.78 is 0. The summed E-state index contributed by atoms with van der Waals surface area (Å²) in [4.78, 5) is 12.5. The number of nitriles is 1. The van der Waals surface area contributed by atoms with Gasteiger partial charge in [-0.05, 0) is 55.2 Å². The highest BCUT2D eigenvalue weighted by Gasteiger charge is 2.40. The second-order valence-electron chi connectivity index (χ2n) is 5.59. The standard InChI is InChI=1S/C18H15ClN2O/c19-16-7-5-15(6-8-16)18(9-2-10-18)21-17(22)14-4-1-3-13(11-14)12-20/h1,3-8,11H,2,9-10H2,(H,21,22). The van der Waals surface area contributed by atoms with Crippen molar-refractivity contribution < 1.29 is 4.79 Å². The monoisotopic (exact) mass is 310 g/mol. The van der Waals surface area contributed by atoms with Crippen molar-refractivity contribution in [1.82, 2.24) is 5.32 Å². The van der Waals surface area contributed by atoms with Crippen LogP contribution >= 0.6 is 11.6 Å². The van der Waals surface area contributed by atoms with E-state index in [-0.39, 0.29) is 11.4 Å². The molecule has 1 saturated carbocycles. The highest BCUT2D eigenvalue weighted by atomic mass is 35.5. The molecule has 0 radical (unpaired) electrons.